The minimum absolute atomic E-state index is 0.0665. The normalized spacial score (nSPS) is 12.0. The van der Waals surface area contributed by atoms with Gasteiger partial charge < -0.3 is 4.74 Å². The number of aldehydes is 1. The molecule has 0 radical (unpaired) electrons. The predicted octanol–water partition coefficient (Wildman–Crippen LogP) is 0.806. The van der Waals surface area contributed by atoms with Crippen molar-refractivity contribution in [1.82, 2.24) is 0 Å². The summed E-state index contributed by atoms with van der Waals surface area (Å²) in [4.78, 5) is 13.6. The van der Waals surface area contributed by atoms with Gasteiger partial charge in [-0.05, 0) is 13.0 Å². The Balaban J connectivity index is 3.73. The van der Waals surface area contributed by atoms with E-state index in [9.17, 15) is 4.79 Å². The van der Waals surface area contributed by atoms with Crippen LogP contribution in [-0.2, 0) is 9.53 Å². The minimum Gasteiger partial charge on any atom is -0.470 e. The maximum atomic E-state index is 9.83. The number of carbonyl (C=O) groups excluding carboxylic acids is 1. The number of allylic oxidation sites excluding steroid dienone is 1. The molecule has 0 spiro atoms. The van der Waals surface area contributed by atoms with E-state index >= 15 is 0 Å². The van der Waals surface area contributed by atoms with Crippen LogP contribution in [-0.4, -0.2) is 25.8 Å². The van der Waals surface area contributed by atoms with Gasteiger partial charge in [0.25, 0.3) is 0 Å². The molecule has 0 aromatic rings. The van der Waals surface area contributed by atoms with E-state index in [4.69, 9.17) is 4.74 Å². The van der Waals surface area contributed by atoms with Gasteiger partial charge in [0.05, 0.1) is 0 Å². The number of rotatable bonds is 3. The molecule has 3 nitrogen and oxygen atoms in total. The zero-order valence-corrected chi connectivity index (χ0v) is 6.20. The Hall–Kier alpha value is -1.12. The zero-order chi connectivity index (χ0) is 7.82. The molecule has 0 aliphatic heterocycles. The average molecular weight is 141 g/mol. The van der Waals surface area contributed by atoms with Gasteiger partial charge in [-0.15, -0.1) is 0 Å². The average Bonchev–Trinajstić information content (AvgIpc) is 1.98. The molecule has 0 heterocycles. The standard InChI is InChI=1S/C7H11NO2/c1-3-4-7(8-2)10-6-5-9/h3-5H,6H2,1-2H3/b4-3-,8-7?. The molecular weight excluding hydrogens is 130 g/mol. The summed E-state index contributed by atoms with van der Waals surface area (Å²) in [7, 11) is 1.61. The van der Waals surface area contributed by atoms with Gasteiger partial charge in [0.15, 0.2) is 6.29 Å². The Kier molecular flexibility index (Phi) is 5.33. The highest BCUT2D eigenvalue weighted by molar-refractivity contribution is 5.88. The number of aliphatic imine (C=N–C) groups is 1. The van der Waals surface area contributed by atoms with E-state index in [1.165, 1.54) is 0 Å². The molecular formula is C7H11NO2. The van der Waals surface area contributed by atoms with Crippen molar-refractivity contribution in [2.45, 2.75) is 6.92 Å². The molecule has 0 aromatic carbocycles. The molecule has 0 atom stereocenters. The van der Waals surface area contributed by atoms with E-state index in [-0.39, 0.29) is 6.61 Å². The van der Waals surface area contributed by atoms with E-state index in [2.05, 4.69) is 4.99 Å². The van der Waals surface area contributed by atoms with Crippen LogP contribution in [0.1, 0.15) is 6.92 Å². The van der Waals surface area contributed by atoms with Crippen molar-refractivity contribution in [1.29, 1.82) is 0 Å². The van der Waals surface area contributed by atoms with Gasteiger partial charge in [0.2, 0.25) is 5.90 Å². The van der Waals surface area contributed by atoms with E-state index < -0.39 is 0 Å². The fraction of sp³-hybridized carbons (Fsp3) is 0.429. The van der Waals surface area contributed by atoms with Crippen LogP contribution >= 0.6 is 0 Å². The van der Waals surface area contributed by atoms with Gasteiger partial charge in [-0.1, -0.05) is 6.08 Å². The molecule has 0 saturated carbocycles. The van der Waals surface area contributed by atoms with Gasteiger partial charge in [0, 0.05) is 7.05 Å². The predicted molar refractivity (Wildman–Crippen MR) is 40.2 cm³/mol. The van der Waals surface area contributed by atoms with Crippen LogP contribution in [0, 0.1) is 0 Å². The Bertz CT molecular complexity index is 150. The van der Waals surface area contributed by atoms with E-state index in [0.717, 1.165) is 0 Å². The third kappa shape index (κ3) is 3.83. The summed E-state index contributed by atoms with van der Waals surface area (Å²) < 4.78 is 4.88. The SMILES string of the molecule is C/C=C\C(=NC)OCC=O. The summed E-state index contributed by atoms with van der Waals surface area (Å²) in [6.45, 7) is 1.92. The second-order valence-corrected chi connectivity index (χ2v) is 1.54. The summed E-state index contributed by atoms with van der Waals surface area (Å²) in [6, 6.07) is 0. The number of nitrogens with zero attached hydrogens (tertiary/aromatic N) is 1. The molecule has 0 aliphatic carbocycles. The fourth-order valence-electron chi connectivity index (χ4n) is 0.449. The van der Waals surface area contributed by atoms with Gasteiger partial charge in [-0.25, -0.2) is 0 Å². The highest BCUT2D eigenvalue weighted by Gasteiger charge is 1.88. The molecule has 0 rings (SSSR count). The van der Waals surface area contributed by atoms with E-state index in [0.29, 0.717) is 12.2 Å². The molecule has 0 bridgehead atoms. The van der Waals surface area contributed by atoms with Gasteiger partial charge in [0.1, 0.15) is 6.61 Å². The van der Waals surface area contributed by atoms with E-state index in [1.54, 1.807) is 19.2 Å². The molecule has 0 N–H and O–H groups in total. The van der Waals surface area contributed by atoms with Crippen molar-refractivity contribution in [2.24, 2.45) is 4.99 Å². The lowest BCUT2D eigenvalue weighted by Gasteiger charge is -1.97. The molecule has 0 aromatic heterocycles. The maximum absolute atomic E-state index is 9.83. The highest BCUT2D eigenvalue weighted by Crippen LogP contribution is 1.82. The fourth-order valence-corrected chi connectivity index (χ4v) is 0.449. The molecule has 3 heteroatoms. The first-order valence-corrected chi connectivity index (χ1v) is 3.01. The topological polar surface area (TPSA) is 38.7 Å². The summed E-state index contributed by atoms with van der Waals surface area (Å²) in [5, 5.41) is 0. The van der Waals surface area contributed by atoms with E-state index in [1.807, 2.05) is 6.92 Å². The minimum atomic E-state index is 0.0665. The third-order valence-corrected chi connectivity index (χ3v) is 0.829. The van der Waals surface area contributed by atoms with Gasteiger partial charge in [-0.3, -0.25) is 9.79 Å². The molecule has 0 fully saturated rings. The summed E-state index contributed by atoms with van der Waals surface area (Å²) in [6.07, 6.45) is 4.19. The Morgan fingerprint density at radius 3 is 2.80 bits per heavy atom. The number of hydrogen-bond acceptors (Lipinski definition) is 3. The summed E-state index contributed by atoms with van der Waals surface area (Å²) in [5.74, 6) is 0.481. The molecule has 0 aliphatic rings. The van der Waals surface area contributed by atoms with Crippen LogP contribution in [0.25, 0.3) is 0 Å². The second-order valence-electron chi connectivity index (χ2n) is 1.54. The van der Waals surface area contributed by atoms with Crippen molar-refractivity contribution < 1.29 is 9.53 Å². The van der Waals surface area contributed by atoms with Crippen LogP contribution in [0.4, 0.5) is 0 Å². The Morgan fingerprint density at radius 1 is 1.70 bits per heavy atom. The first kappa shape index (κ1) is 8.88. The quantitative estimate of drug-likeness (QED) is 0.331. The first-order chi connectivity index (χ1) is 4.85. The van der Waals surface area contributed by atoms with Crippen LogP contribution in [0.5, 0.6) is 0 Å². The van der Waals surface area contributed by atoms with Crippen LogP contribution in [0.3, 0.4) is 0 Å². The first-order valence-electron chi connectivity index (χ1n) is 3.01. The van der Waals surface area contributed by atoms with Crippen LogP contribution in [0.15, 0.2) is 17.1 Å². The van der Waals surface area contributed by atoms with Crippen molar-refractivity contribution >= 4 is 12.2 Å². The van der Waals surface area contributed by atoms with Gasteiger partial charge >= 0.3 is 0 Å². The Labute approximate surface area is 60.4 Å². The van der Waals surface area contributed by atoms with Crippen molar-refractivity contribution in [3.8, 4) is 0 Å². The second kappa shape index (κ2) is 6.01. The van der Waals surface area contributed by atoms with Crippen LogP contribution in [0.2, 0.25) is 0 Å². The number of carbonyl (C=O) groups is 1. The largest absolute Gasteiger partial charge is 0.470 e. The lowest BCUT2D eigenvalue weighted by atomic mass is 10.5. The number of hydrogen-bond donors (Lipinski definition) is 0. The molecule has 10 heavy (non-hydrogen) atoms. The number of ether oxygens (including phenoxy) is 1. The third-order valence-electron chi connectivity index (χ3n) is 0.829. The van der Waals surface area contributed by atoms with Crippen molar-refractivity contribution in [2.75, 3.05) is 13.7 Å². The van der Waals surface area contributed by atoms with Gasteiger partial charge in [-0.2, -0.15) is 0 Å². The molecule has 0 unspecified atom stereocenters. The monoisotopic (exact) mass is 141 g/mol. The molecule has 56 valence electrons. The summed E-state index contributed by atoms with van der Waals surface area (Å²) >= 11 is 0. The zero-order valence-electron chi connectivity index (χ0n) is 6.20. The maximum Gasteiger partial charge on any atom is 0.208 e. The lowest BCUT2D eigenvalue weighted by Crippen LogP contribution is -2.03. The van der Waals surface area contributed by atoms with Crippen molar-refractivity contribution in [3.05, 3.63) is 12.2 Å². The van der Waals surface area contributed by atoms with Crippen LogP contribution < -0.4 is 0 Å². The lowest BCUT2D eigenvalue weighted by molar-refractivity contribution is -0.109. The summed E-state index contributed by atoms with van der Waals surface area (Å²) in [5.41, 5.74) is 0. The highest BCUT2D eigenvalue weighted by atomic mass is 16.5. The molecule has 0 amide bonds. The van der Waals surface area contributed by atoms with Crippen molar-refractivity contribution in [3.63, 3.8) is 0 Å². The molecule has 0 saturated heterocycles. The Morgan fingerprint density at radius 2 is 2.40 bits per heavy atom. The smallest absolute Gasteiger partial charge is 0.208 e.